The molecule has 0 atom stereocenters. The summed E-state index contributed by atoms with van der Waals surface area (Å²) < 4.78 is 0.899. The van der Waals surface area contributed by atoms with E-state index in [2.05, 4.69) is 31.0 Å². The third-order valence-electron chi connectivity index (χ3n) is 4.91. The van der Waals surface area contributed by atoms with Gasteiger partial charge in [-0.25, -0.2) is 4.98 Å². The van der Waals surface area contributed by atoms with Crippen molar-refractivity contribution in [3.05, 3.63) is 82.6 Å². The molecule has 0 saturated heterocycles. The van der Waals surface area contributed by atoms with Gasteiger partial charge in [-0.05, 0) is 48.4 Å². The molecule has 1 amide bonds. The van der Waals surface area contributed by atoms with Gasteiger partial charge < -0.3 is 0 Å². The van der Waals surface area contributed by atoms with Crippen LogP contribution in [0.15, 0.2) is 65.7 Å². The maximum absolute atomic E-state index is 13.5. The van der Waals surface area contributed by atoms with Crippen LogP contribution in [0.25, 0.3) is 10.2 Å². The van der Waals surface area contributed by atoms with Crippen LogP contribution >= 0.6 is 34.7 Å². The Bertz CT molecular complexity index is 1180. The van der Waals surface area contributed by atoms with E-state index >= 15 is 0 Å². The molecule has 0 bridgehead atoms. The van der Waals surface area contributed by atoms with Crippen LogP contribution in [-0.4, -0.2) is 21.1 Å². The fraction of sp³-hybridized carbons (Fsp3) is 0.240. The van der Waals surface area contributed by atoms with E-state index in [9.17, 15) is 4.79 Å². The van der Waals surface area contributed by atoms with E-state index in [1.54, 1.807) is 11.1 Å². The minimum atomic E-state index is -0.0206. The second-order valence-electron chi connectivity index (χ2n) is 7.83. The number of thiazole rings is 1. The van der Waals surface area contributed by atoms with E-state index < -0.39 is 0 Å². The minimum Gasteiger partial charge on any atom is -0.282 e. The highest BCUT2D eigenvalue weighted by Gasteiger charge is 2.22. The Morgan fingerprint density at radius 1 is 1.12 bits per heavy atom. The maximum Gasteiger partial charge on any atom is 0.233 e. The number of nitrogens with zero attached hydrogens (tertiary/aromatic N) is 3. The fourth-order valence-electron chi connectivity index (χ4n) is 3.35. The van der Waals surface area contributed by atoms with Crippen molar-refractivity contribution in [2.24, 2.45) is 0 Å². The number of anilines is 1. The number of pyridine rings is 1. The number of carbonyl (C=O) groups is 1. The Hall–Kier alpha value is -2.41. The summed E-state index contributed by atoms with van der Waals surface area (Å²) in [6, 6.07) is 17.8. The number of fused-ring (bicyclic) bond motifs is 1. The van der Waals surface area contributed by atoms with Gasteiger partial charge in [0.25, 0.3) is 0 Å². The number of carbonyl (C=O) groups excluding carboxylic acids is 1. The highest BCUT2D eigenvalue weighted by Crippen LogP contribution is 2.36. The molecule has 2 aromatic carbocycles. The van der Waals surface area contributed by atoms with Gasteiger partial charge in [0, 0.05) is 16.3 Å². The molecule has 7 heteroatoms. The summed E-state index contributed by atoms with van der Waals surface area (Å²) in [7, 11) is 0. The number of hydrogen-bond donors (Lipinski definition) is 0. The lowest BCUT2D eigenvalue weighted by molar-refractivity contribution is -0.118. The van der Waals surface area contributed by atoms with Gasteiger partial charge in [0.05, 0.1) is 33.9 Å². The summed E-state index contributed by atoms with van der Waals surface area (Å²) >= 11 is 9.68. The average Bonchev–Trinajstić information content (AvgIpc) is 3.23. The first-order valence-corrected chi connectivity index (χ1v) is 12.5. The molecule has 0 radical (unpaired) electrons. The van der Waals surface area contributed by atoms with Gasteiger partial charge in [-0.15, -0.1) is 11.8 Å². The van der Waals surface area contributed by atoms with Crippen LogP contribution in [0.3, 0.4) is 0 Å². The van der Waals surface area contributed by atoms with Crippen molar-refractivity contribution >= 4 is 56.0 Å². The molecule has 0 unspecified atom stereocenters. The average molecular weight is 482 g/mol. The zero-order valence-corrected chi connectivity index (χ0v) is 20.6. The van der Waals surface area contributed by atoms with Crippen LogP contribution in [0, 0.1) is 6.92 Å². The summed E-state index contributed by atoms with van der Waals surface area (Å²) in [5, 5.41) is 1.81. The molecule has 0 aliphatic rings. The van der Waals surface area contributed by atoms with Crippen LogP contribution in [0.1, 0.15) is 30.7 Å². The Morgan fingerprint density at radius 3 is 2.56 bits per heavy atom. The van der Waals surface area contributed by atoms with Crippen molar-refractivity contribution in [3.63, 3.8) is 0 Å². The maximum atomic E-state index is 13.5. The molecule has 0 fully saturated rings. The molecule has 0 N–H and O–H groups in total. The van der Waals surface area contributed by atoms with Crippen molar-refractivity contribution in [2.75, 3.05) is 4.90 Å². The normalized spacial score (nSPS) is 11.3. The molecule has 0 aliphatic heterocycles. The second kappa shape index (κ2) is 10.0. The number of halogens is 1. The molecule has 2 heterocycles. The standard InChI is InChI=1S/C25H24ClN3OS2/c1-16(2)31-20-10-8-18(9-11-20)14-22(30)29(15-19-6-4-5-13-27-19)25-28-23-17(3)7-12-21(26)24(23)32-25/h4-13,16H,14-15H2,1-3H3. The van der Waals surface area contributed by atoms with E-state index in [1.807, 2.05) is 61.2 Å². The molecule has 0 spiro atoms. The second-order valence-corrected chi connectivity index (χ2v) is 10.9. The number of thioether (sulfide) groups is 1. The van der Waals surface area contributed by atoms with E-state index in [4.69, 9.17) is 16.6 Å². The van der Waals surface area contributed by atoms with Crippen molar-refractivity contribution in [1.82, 2.24) is 9.97 Å². The van der Waals surface area contributed by atoms with Gasteiger partial charge >= 0.3 is 0 Å². The monoisotopic (exact) mass is 481 g/mol. The lowest BCUT2D eigenvalue weighted by Crippen LogP contribution is -2.32. The van der Waals surface area contributed by atoms with Crippen LogP contribution in [0.5, 0.6) is 0 Å². The van der Waals surface area contributed by atoms with Gasteiger partial charge in [-0.1, -0.05) is 61.1 Å². The van der Waals surface area contributed by atoms with Gasteiger partial charge in [-0.3, -0.25) is 14.7 Å². The Balaban J connectivity index is 1.64. The zero-order valence-electron chi connectivity index (χ0n) is 18.2. The van der Waals surface area contributed by atoms with E-state index in [0.717, 1.165) is 27.0 Å². The van der Waals surface area contributed by atoms with Crippen molar-refractivity contribution in [1.29, 1.82) is 0 Å². The summed E-state index contributed by atoms with van der Waals surface area (Å²) in [6.07, 6.45) is 2.03. The summed E-state index contributed by atoms with van der Waals surface area (Å²) in [5.74, 6) is -0.0206. The first-order chi connectivity index (χ1) is 15.4. The topological polar surface area (TPSA) is 46.1 Å². The molecule has 164 valence electrons. The number of benzene rings is 2. The zero-order chi connectivity index (χ0) is 22.7. The Kier molecular flexibility index (Phi) is 7.13. The first kappa shape index (κ1) is 22.8. The highest BCUT2D eigenvalue weighted by molar-refractivity contribution is 7.99. The number of hydrogen-bond acceptors (Lipinski definition) is 5. The van der Waals surface area contributed by atoms with Crippen LogP contribution in [0.2, 0.25) is 5.02 Å². The molecule has 4 nitrogen and oxygen atoms in total. The van der Waals surface area contributed by atoms with Gasteiger partial charge in [0.15, 0.2) is 5.13 Å². The highest BCUT2D eigenvalue weighted by atomic mass is 35.5. The first-order valence-electron chi connectivity index (χ1n) is 10.4. The smallest absolute Gasteiger partial charge is 0.233 e. The third-order valence-corrected chi connectivity index (χ3v) is 7.47. The van der Waals surface area contributed by atoms with Crippen molar-refractivity contribution in [2.45, 2.75) is 43.9 Å². The van der Waals surface area contributed by atoms with Crippen LogP contribution < -0.4 is 4.90 Å². The molecule has 32 heavy (non-hydrogen) atoms. The van der Waals surface area contributed by atoms with Crippen LogP contribution in [0.4, 0.5) is 5.13 Å². The number of amides is 1. The molecule has 4 aromatic rings. The molecule has 2 aromatic heterocycles. The Labute approximate surface area is 201 Å². The van der Waals surface area contributed by atoms with Crippen molar-refractivity contribution in [3.8, 4) is 0 Å². The minimum absolute atomic E-state index is 0.0206. The predicted octanol–water partition coefficient (Wildman–Crippen LogP) is 6.93. The number of rotatable bonds is 7. The molecule has 0 aliphatic carbocycles. The predicted molar refractivity (Wildman–Crippen MR) is 136 cm³/mol. The van der Waals surface area contributed by atoms with E-state index in [1.165, 1.54) is 16.2 Å². The number of aryl methyl sites for hydroxylation is 1. The summed E-state index contributed by atoms with van der Waals surface area (Å²) in [4.78, 5) is 25.6. The van der Waals surface area contributed by atoms with Gasteiger partial charge in [-0.2, -0.15) is 0 Å². The molecular formula is C25H24ClN3OS2. The van der Waals surface area contributed by atoms with Crippen molar-refractivity contribution < 1.29 is 4.79 Å². The number of aromatic nitrogens is 2. The quantitative estimate of drug-likeness (QED) is 0.268. The van der Waals surface area contributed by atoms with E-state index in [-0.39, 0.29) is 5.91 Å². The molecule has 4 rings (SSSR count). The lowest BCUT2D eigenvalue weighted by Gasteiger charge is -2.19. The SMILES string of the molecule is Cc1ccc(Cl)c2sc(N(Cc3ccccn3)C(=O)Cc3ccc(SC(C)C)cc3)nc12. The largest absolute Gasteiger partial charge is 0.282 e. The fourth-order valence-corrected chi connectivity index (χ4v) is 5.52. The van der Waals surface area contributed by atoms with Crippen LogP contribution in [-0.2, 0) is 17.8 Å². The Morgan fingerprint density at radius 2 is 1.91 bits per heavy atom. The molecule has 0 saturated carbocycles. The summed E-state index contributed by atoms with van der Waals surface area (Å²) in [6.45, 7) is 6.70. The van der Waals surface area contributed by atoms with Gasteiger partial charge in [0.1, 0.15) is 0 Å². The lowest BCUT2D eigenvalue weighted by atomic mass is 10.1. The molecular weight excluding hydrogens is 458 g/mol. The third kappa shape index (κ3) is 5.31. The van der Waals surface area contributed by atoms with E-state index in [0.29, 0.717) is 28.4 Å². The van der Waals surface area contributed by atoms with Gasteiger partial charge in [0.2, 0.25) is 5.91 Å². The summed E-state index contributed by atoms with van der Waals surface area (Å²) in [5.41, 5.74) is 3.66.